The van der Waals surface area contributed by atoms with E-state index in [4.69, 9.17) is 0 Å². The molecule has 0 unspecified atom stereocenters. The Hall–Kier alpha value is -2.60. The number of hydrogen-bond acceptors (Lipinski definition) is 3. The number of anilines is 1. The largest absolute Gasteiger partial charge is 0.362 e. The molecule has 22 heavy (non-hydrogen) atoms. The standard InChI is InChI=1S/C16H14N2O3S/c1-22(20,21)8-6-11-4-5-15-13(9-11)14(16(19)18-15)10-12-3-2-7-17-12/h2-10,17H,1H3,(H,18,19)/b8-6+,14-10-. The van der Waals surface area contributed by atoms with Gasteiger partial charge in [-0.15, -0.1) is 0 Å². The number of H-pyrrole nitrogens is 1. The summed E-state index contributed by atoms with van der Waals surface area (Å²) in [5, 5.41) is 3.94. The molecule has 112 valence electrons. The molecule has 1 amide bonds. The zero-order valence-corrected chi connectivity index (χ0v) is 12.6. The van der Waals surface area contributed by atoms with Gasteiger partial charge in [0.15, 0.2) is 9.84 Å². The van der Waals surface area contributed by atoms with Crippen molar-refractivity contribution < 1.29 is 13.2 Å². The van der Waals surface area contributed by atoms with Crippen molar-refractivity contribution in [1.29, 1.82) is 0 Å². The number of hydrogen-bond donors (Lipinski definition) is 2. The summed E-state index contributed by atoms with van der Waals surface area (Å²) in [6.07, 6.45) is 6.21. The fourth-order valence-corrected chi connectivity index (χ4v) is 2.65. The molecule has 3 rings (SSSR count). The van der Waals surface area contributed by atoms with Crippen molar-refractivity contribution in [3.63, 3.8) is 0 Å². The lowest BCUT2D eigenvalue weighted by molar-refractivity contribution is -0.110. The van der Waals surface area contributed by atoms with E-state index in [1.54, 1.807) is 30.5 Å². The highest BCUT2D eigenvalue weighted by Gasteiger charge is 2.24. The van der Waals surface area contributed by atoms with Crippen molar-refractivity contribution in [2.45, 2.75) is 0 Å². The highest BCUT2D eigenvalue weighted by Crippen LogP contribution is 2.33. The first-order valence-electron chi connectivity index (χ1n) is 6.61. The fraction of sp³-hybridized carbons (Fsp3) is 0.0625. The highest BCUT2D eigenvalue weighted by molar-refractivity contribution is 7.93. The maximum atomic E-state index is 12.1. The van der Waals surface area contributed by atoms with Crippen molar-refractivity contribution in [3.8, 4) is 0 Å². The van der Waals surface area contributed by atoms with E-state index < -0.39 is 9.84 Å². The summed E-state index contributed by atoms with van der Waals surface area (Å²) in [5.74, 6) is -0.172. The Labute approximate surface area is 128 Å². The second-order valence-electron chi connectivity index (χ2n) is 5.07. The van der Waals surface area contributed by atoms with Gasteiger partial charge in [-0.2, -0.15) is 0 Å². The van der Waals surface area contributed by atoms with Crippen molar-refractivity contribution in [2.24, 2.45) is 0 Å². The van der Waals surface area contributed by atoms with Crippen LogP contribution in [0, 0.1) is 0 Å². The van der Waals surface area contributed by atoms with Gasteiger partial charge < -0.3 is 10.3 Å². The summed E-state index contributed by atoms with van der Waals surface area (Å²) in [7, 11) is -3.18. The predicted octanol–water partition coefficient (Wildman–Crippen LogP) is 2.52. The third-order valence-corrected chi connectivity index (χ3v) is 3.89. The quantitative estimate of drug-likeness (QED) is 0.854. The van der Waals surface area contributed by atoms with E-state index in [0.717, 1.165) is 34.2 Å². The summed E-state index contributed by atoms with van der Waals surface area (Å²) < 4.78 is 22.4. The van der Waals surface area contributed by atoms with E-state index in [1.807, 2.05) is 12.1 Å². The molecule has 5 nitrogen and oxygen atoms in total. The molecular weight excluding hydrogens is 300 g/mol. The van der Waals surface area contributed by atoms with E-state index in [-0.39, 0.29) is 5.91 Å². The van der Waals surface area contributed by atoms with Gasteiger partial charge >= 0.3 is 0 Å². The van der Waals surface area contributed by atoms with Crippen LogP contribution >= 0.6 is 0 Å². The van der Waals surface area contributed by atoms with Crippen LogP contribution in [0.3, 0.4) is 0 Å². The number of carbonyl (C=O) groups is 1. The molecule has 2 heterocycles. The third-order valence-electron chi connectivity index (χ3n) is 3.26. The molecule has 0 spiro atoms. The molecule has 6 heteroatoms. The number of rotatable bonds is 3. The molecule has 0 fully saturated rings. The lowest BCUT2D eigenvalue weighted by Crippen LogP contribution is -2.03. The molecule has 2 N–H and O–H groups in total. The number of amides is 1. The van der Waals surface area contributed by atoms with E-state index >= 15 is 0 Å². The van der Waals surface area contributed by atoms with Gasteiger partial charge in [0.05, 0.1) is 5.57 Å². The normalized spacial score (nSPS) is 16.2. The van der Waals surface area contributed by atoms with Gasteiger partial charge in [0.1, 0.15) is 0 Å². The second kappa shape index (κ2) is 5.31. The van der Waals surface area contributed by atoms with Crippen molar-refractivity contribution in [3.05, 3.63) is 58.8 Å². The molecule has 1 aromatic heterocycles. The zero-order valence-electron chi connectivity index (χ0n) is 11.8. The van der Waals surface area contributed by atoms with Crippen LogP contribution in [0.5, 0.6) is 0 Å². The summed E-state index contributed by atoms with van der Waals surface area (Å²) in [4.78, 5) is 15.1. The van der Waals surface area contributed by atoms with Crippen LogP contribution in [0.25, 0.3) is 17.7 Å². The summed E-state index contributed by atoms with van der Waals surface area (Å²) in [6, 6.07) is 9.05. The SMILES string of the molecule is CS(=O)(=O)/C=C/c1ccc2c(c1)/C(=C/c1ccc[nH]1)C(=O)N2. The van der Waals surface area contributed by atoms with Crippen LogP contribution in [0.2, 0.25) is 0 Å². The lowest BCUT2D eigenvalue weighted by atomic mass is 10.0. The molecule has 0 saturated carbocycles. The van der Waals surface area contributed by atoms with Crippen LogP contribution in [0.4, 0.5) is 5.69 Å². The molecule has 1 aromatic carbocycles. The van der Waals surface area contributed by atoms with Gasteiger partial charge in [0.2, 0.25) is 0 Å². The topological polar surface area (TPSA) is 79.0 Å². The van der Waals surface area contributed by atoms with Gasteiger partial charge in [-0.05, 0) is 42.0 Å². The van der Waals surface area contributed by atoms with Crippen molar-refractivity contribution in [1.82, 2.24) is 4.98 Å². The van der Waals surface area contributed by atoms with E-state index in [2.05, 4.69) is 10.3 Å². The molecule has 0 aliphatic carbocycles. The average molecular weight is 314 g/mol. The second-order valence-corrected chi connectivity index (χ2v) is 7.01. The average Bonchev–Trinajstić information content (AvgIpc) is 3.05. The number of carbonyl (C=O) groups excluding carboxylic acids is 1. The Morgan fingerprint density at radius 2 is 2.00 bits per heavy atom. The minimum atomic E-state index is -3.18. The maximum absolute atomic E-state index is 12.1. The van der Waals surface area contributed by atoms with Crippen LogP contribution < -0.4 is 5.32 Å². The van der Waals surface area contributed by atoms with Gasteiger partial charge in [-0.25, -0.2) is 8.42 Å². The van der Waals surface area contributed by atoms with E-state index in [9.17, 15) is 13.2 Å². The first-order valence-corrected chi connectivity index (χ1v) is 8.57. The fourth-order valence-electron chi connectivity index (χ4n) is 2.24. The lowest BCUT2D eigenvalue weighted by Gasteiger charge is -2.00. The minimum Gasteiger partial charge on any atom is -0.362 e. The van der Waals surface area contributed by atoms with Gasteiger partial charge in [0.25, 0.3) is 5.91 Å². The van der Waals surface area contributed by atoms with Crippen LogP contribution in [0.15, 0.2) is 41.9 Å². The molecule has 1 aliphatic heterocycles. The number of nitrogens with one attached hydrogen (secondary N) is 2. The van der Waals surface area contributed by atoms with Crippen LogP contribution in [-0.2, 0) is 14.6 Å². The van der Waals surface area contributed by atoms with Gasteiger partial charge in [0, 0.05) is 34.8 Å². The summed E-state index contributed by atoms with van der Waals surface area (Å²) in [6.45, 7) is 0. The first-order chi connectivity index (χ1) is 10.4. The Morgan fingerprint density at radius 3 is 2.68 bits per heavy atom. The Kier molecular flexibility index (Phi) is 3.46. The summed E-state index contributed by atoms with van der Waals surface area (Å²) in [5.41, 5.74) is 3.58. The van der Waals surface area contributed by atoms with E-state index in [0.29, 0.717) is 5.57 Å². The van der Waals surface area contributed by atoms with Gasteiger partial charge in [-0.1, -0.05) is 6.07 Å². The van der Waals surface area contributed by atoms with Crippen LogP contribution in [0.1, 0.15) is 16.8 Å². The van der Waals surface area contributed by atoms with Crippen LogP contribution in [-0.4, -0.2) is 25.6 Å². The first kappa shape index (κ1) is 14.3. The third kappa shape index (κ3) is 3.01. The Bertz CT molecular complexity index is 891. The molecular formula is C16H14N2O3S. The molecule has 0 atom stereocenters. The van der Waals surface area contributed by atoms with Crippen molar-refractivity contribution >= 4 is 39.2 Å². The Balaban J connectivity index is 2.03. The Morgan fingerprint density at radius 1 is 1.18 bits per heavy atom. The predicted molar refractivity (Wildman–Crippen MR) is 87.6 cm³/mol. The number of aromatic amines is 1. The zero-order chi connectivity index (χ0) is 15.7. The molecule has 0 saturated heterocycles. The highest BCUT2D eigenvalue weighted by atomic mass is 32.2. The number of sulfone groups is 1. The summed E-state index contributed by atoms with van der Waals surface area (Å²) >= 11 is 0. The molecule has 0 bridgehead atoms. The monoisotopic (exact) mass is 314 g/mol. The maximum Gasteiger partial charge on any atom is 0.256 e. The minimum absolute atomic E-state index is 0.172. The molecule has 0 radical (unpaired) electrons. The molecule has 1 aliphatic rings. The van der Waals surface area contributed by atoms with E-state index in [1.165, 1.54) is 6.08 Å². The molecule has 2 aromatic rings. The number of aromatic nitrogens is 1. The number of benzene rings is 1. The van der Waals surface area contributed by atoms with Gasteiger partial charge in [-0.3, -0.25) is 4.79 Å². The smallest absolute Gasteiger partial charge is 0.256 e. The van der Waals surface area contributed by atoms with Crippen molar-refractivity contribution in [2.75, 3.05) is 11.6 Å². The number of fused-ring (bicyclic) bond motifs is 1.